The van der Waals surface area contributed by atoms with Crippen molar-refractivity contribution in [2.75, 3.05) is 11.8 Å². The number of sulfonamides is 1. The van der Waals surface area contributed by atoms with Gasteiger partial charge in [-0.05, 0) is 73.6 Å². The number of carbonyl (C=O) groups is 1. The predicted molar refractivity (Wildman–Crippen MR) is 112 cm³/mol. The molecule has 2 aromatic rings. The number of carbonyl (C=O) groups excluding carboxylic acids is 1. The van der Waals surface area contributed by atoms with Crippen molar-refractivity contribution in [1.82, 2.24) is 5.32 Å². The third-order valence-electron chi connectivity index (χ3n) is 5.89. The maximum absolute atomic E-state index is 12.6. The lowest BCUT2D eigenvalue weighted by Gasteiger charge is -2.23. The smallest absolute Gasteiger partial charge is 0.261 e. The summed E-state index contributed by atoms with van der Waals surface area (Å²) in [5.74, 6) is 1.66. The molecule has 0 unspecified atom stereocenters. The van der Waals surface area contributed by atoms with Gasteiger partial charge in [0.05, 0.1) is 28.3 Å². The second kappa shape index (κ2) is 7.88. The first-order valence-electron chi connectivity index (χ1n) is 9.63. The Kier molecular flexibility index (Phi) is 5.44. The molecular formula is C21H23ClN2O4S. The van der Waals surface area contributed by atoms with Gasteiger partial charge < -0.3 is 10.1 Å². The minimum atomic E-state index is -3.78. The highest BCUT2D eigenvalue weighted by atomic mass is 35.5. The molecule has 2 N–H and O–H groups in total. The maximum Gasteiger partial charge on any atom is 0.261 e. The zero-order valence-electron chi connectivity index (χ0n) is 16.0. The van der Waals surface area contributed by atoms with Crippen molar-refractivity contribution in [3.8, 4) is 5.75 Å². The van der Waals surface area contributed by atoms with E-state index in [9.17, 15) is 13.2 Å². The van der Waals surface area contributed by atoms with E-state index in [2.05, 4.69) is 10.0 Å². The minimum absolute atomic E-state index is 0.104. The largest absolute Gasteiger partial charge is 0.497 e. The maximum atomic E-state index is 12.6. The van der Waals surface area contributed by atoms with Gasteiger partial charge in [0.15, 0.2) is 0 Å². The Bertz CT molecular complexity index is 1020. The van der Waals surface area contributed by atoms with E-state index in [0.29, 0.717) is 22.9 Å². The average molecular weight is 435 g/mol. The summed E-state index contributed by atoms with van der Waals surface area (Å²) in [6, 6.07) is 10.8. The summed E-state index contributed by atoms with van der Waals surface area (Å²) in [7, 11) is -2.26. The number of nitrogens with one attached hydrogen (secondary N) is 2. The third-order valence-corrected chi connectivity index (χ3v) is 7.60. The van der Waals surface area contributed by atoms with Gasteiger partial charge in [-0.1, -0.05) is 18.0 Å². The summed E-state index contributed by atoms with van der Waals surface area (Å²) in [4.78, 5) is 12.7. The van der Waals surface area contributed by atoms with Gasteiger partial charge in [-0.2, -0.15) is 0 Å². The van der Waals surface area contributed by atoms with Crippen molar-refractivity contribution in [3.05, 3.63) is 53.1 Å². The van der Waals surface area contributed by atoms with E-state index in [1.165, 1.54) is 44.6 Å². The van der Waals surface area contributed by atoms with Crippen molar-refractivity contribution >= 4 is 33.2 Å². The minimum Gasteiger partial charge on any atom is -0.497 e. The fourth-order valence-corrected chi connectivity index (χ4v) is 5.72. The molecular weight excluding hydrogens is 412 g/mol. The van der Waals surface area contributed by atoms with E-state index in [1.807, 2.05) is 0 Å². The molecule has 2 bridgehead atoms. The lowest BCUT2D eigenvalue weighted by Crippen LogP contribution is -2.38. The lowest BCUT2D eigenvalue weighted by atomic mass is 9.95. The predicted octanol–water partition coefficient (Wildman–Crippen LogP) is 4.07. The summed E-state index contributed by atoms with van der Waals surface area (Å²) in [5.41, 5.74) is 0.643. The van der Waals surface area contributed by atoms with Crippen LogP contribution in [-0.2, 0) is 10.0 Å². The number of amides is 1. The molecule has 3 atom stereocenters. The van der Waals surface area contributed by atoms with Gasteiger partial charge in [0.25, 0.3) is 15.9 Å². The Morgan fingerprint density at radius 2 is 1.86 bits per heavy atom. The Balaban J connectivity index is 1.45. The molecule has 4 rings (SSSR count). The number of methoxy groups -OCH3 is 1. The van der Waals surface area contributed by atoms with Crippen LogP contribution in [0.3, 0.4) is 0 Å². The van der Waals surface area contributed by atoms with Crippen LogP contribution in [0.25, 0.3) is 0 Å². The molecule has 1 amide bonds. The summed E-state index contributed by atoms with van der Waals surface area (Å²) in [6.45, 7) is 0. The van der Waals surface area contributed by atoms with Crippen molar-refractivity contribution in [3.63, 3.8) is 0 Å². The third kappa shape index (κ3) is 4.21. The van der Waals surface area contributed by atoms with Crippen molar-refractivity contribution in [2.45, 2.75) is 36.6 Å². The summed E-state index contributed by atoms with van der Waals surface area (Å²) in [5, 5.41) is 3.31. The summed E-state index contributed by atoms with van der Waals surface area (Å²) in [6.07, 6.45) is 4.68. The van der Waals surface area contributed by atoms with Crippen molar-refractivity contribution in [2.24, 2.45) is 11.8 Å². The molecule has 2 aromatic carbocycles. The number of benzene rings is 2. The van der Waals surface area contributed by atoms with E-state index in [1.54, 1.807) is 24.3 Å². The first kappa shape index (κ1) is 20.0. The molecule has 2 fully saturated rings. The van der Waals surface area contributed by atoms with Gasteiger partial charge >= 0.3 is 0 Å². The standard InChI is InChI=1S/C21H23ClN2O4S/c1-28-16-5-7-17(8-6-16)29(26,27)24-15-4-9-18(19(22)12-15)21(25)23-20-11-13-2-3-14(20)10-13/h4-9,12-14,20,24H,2-3,10-11H2,1H3,(H,23,25)/t13-,14+,20-/m0/s1. The molecule has 154 valence electrons. The van der Waals surface area contributed by atoms with Crippen molar-refractivity contribution in [1.29, 1.82) is 0 Å². The average Bonchev–Trinajstić information content (AvgIpc) is 3.31. The normalized spacial score (nSPS) is 23.0. The molecule has 2 aliphatic carbocycles. The van der Waals surface area contributed by atoms with Gasteiger partial charge in [0.1, 0.15) is 5.75 Å². The van der Waals surface area contributed by atoms with Crippen LogP contribution in [0.15, 0.2) is 47.4 Å². The molecule has 0 saturated heterocycles. The second-order valence-corrected chi connectivity index (χ2v) is 9.82. The van der Waals surface area contributed by atoms with Gasteiger partial charge in [-0.15, -0.1) is 0 Å². The Morgan fingerprint density at radius 1 is 1.10 bits per heavy atom. The fourth-order valence-electron chi connectivity index (χ4n) is 4.40. The number of rotatable bonds is 6. The van der Waals surface area contributed by atoms with E-state index < -0.39 is 10.0 Å². The quantitative estimate of drug-likeness (QED) is 0.717. The highest BCUT2D eigenvalue weighted by molar-refractivity contribution is 7.92. The highest BCUT2D eigenvalue weighted by Gasteiger charge is 2.40. The molecule has 8 heteroatoms. The monoisotopic (exact) mass is 434 g/mol. The van der Waals surface area contributed by atoms with Crippen LogP contribution in [0.1, 0.15) is 36.0 Å². The number of anilines is 1. The Morgan fingerprint density at radius 3 is 2.45 bits per heavy atom. The van der Waals surface area contributed by atoms with Gasteiger partial charge in [-0.25, -0.2) is 8.42 Å². The van der Waals surface area contributed by atoms with Crippen LogP contribution in [0.4, 0.5) is 5.69 Å². The molecule has 0 spiro atoms. The van der Waals surface area contributed by atoms with E-state index >= 15 is 0 Å². The zero-order valence-corrected chi connectivity index (χ0v) is 17.6. The topological polar surface area (TPSA) is 84.5 Å². The number of ether oxygens (including phenoxy) is 1. The molecule has 6 nitrogen and oxygen atoms in total. The molecule has 29 heavy (non-hydrogen) atoms. The summed E-state index contributed by atoms with van der Waals surface area (Å²) >= 11 is 6.29. The molecule has 0 radical (unpaired) electrons. The fraction of sp³-hybridized carbons (Fsp3) is 0.381. The number of fused-ring (bicyclic) bond motifs is 2. The van der Waals surface area contributed by atoms with Crippen molar-refractivity contribution < 1.29 is 17.9 Å². The number of hydrogen-bond donors (Lipinski definition) is 2. The van der Waals surface area contributed by atoms with E-state index in [-0.39, 0.29) is 21.9 Å². The molecule has 0 aromatic heterocycles. The SMILES string of the molecule is COc1ccc(S(=O)(=O)Nc2ccc(C(=O)N[C@H]3C[C@H]4CC[C@@H]3C4)c(Cl)c2)cc1. The zero-order chi connectivity index (χ0) is 20.6. The van der Waals surface area contributed by atoms with Gasteiger partial charge in [0, 0.05) is 6.04 Å². The molecule has 2 saturated carbocycles. The van der Waals surface area contributed by atoms with Gasteiger partial charge in [0.2, 0.25) is 0 Å². The first-order chi connectivity index (χ1) is 13.9. The van der Waals surface area contributed by atoms with Crippen LogP contribution in [0, 0.1) is 11.8 Å². The van der Waals surface area contributed by atoms with E-state index in [0.717, 1.165) is 12.3 Å². The Labute approximate surface area is 175 Å². The van der Waals surface area contributed by atoms with Crippen LogP contribution in [-0.4, -0.2) is 27.5 Å². The van der Waals surface area contributed by atoms with Crippen LogP contribution >= 0.6 is 11.6 Å². The van der Waals surface area contributed by atoms with Crippen LogP contribution < -0.4 is 14.8 Å². The first-order valence-corrected chi connectivity index (χ1v) is 11.5. The van der Waals surface area contributed by atoms with E-state index in [4.69, 9.17) is 16.3 Å². The molecule has 0 heterocycles. The lowest BCUT2D eigenvalue weighted by molar-refractivity contribution is 0.0923. The summed E-state index contributed by atoms with van der Waals surface area (Å²) < 4.78 is 32.7. The molecule has 0 aliphatic heterocycles. The van der Waals surface area contributed by atoms with Gasteiger partial charge in [-0.3, -0.25) is 9.52 Å². The van der Waals surface area contributed by atoms with Crippen LogP contribution in [0.5, 0.6) is 5.75 Å². The van der Waals surface area contributed by atoms with Crippen LogP contribution in [0.2, 0.25) is 5.02 Å². The second-order valence-electron chi connectivity index (χ2n) is 7.73. The number of halogens is 1. The molecule has 2 aliphatic rings. The highest BCUT2D eigenvalue weighted by Crippen LogP contribution is 2.44. The number of hydrogen-bond acceptors (Lipinski definition) is 4. The Hall–Kier alpha value is -2.25.